The largest absolute Gasteiger partial charge is 0.352 e. The van der Waals surface area contributed by atoms with E-state index in [-0.39, 0.29) is 0 Å². The van der Waals surface area contributed by atoms with Crippen LogP contribution in [0.25, 0.3) is 0 Å². The summed E-state index contributed by atoms with van der Waals surface area (Å²) in [6.07, 6.45) is 1.20. The number of nitrogens with zero attached hydrogens (tertiary/aromatic N) is 4. The van der Waals surface area contributed by atoms with Gasteiger partial charge >= 0.3 is 0 Å². The molecule has 1 N–H and O–H groups in total. The number of likely N-dealkylation sites (tertiary alicyclic amines) is 1. The fourth-order valence-electron chi connectivity index (χ4n) is 3.04. The molecule has 2 saturated heterocycles. The number of rotatable bonds is 2. The third-order valence-corrected chi connectivity index (χ3v) is 4.17. The van der Waals surface area contributed by atoms with Crippen molar-refractivity contribution < 1.29 is 0 Å². The molecule has 2 unspecified atom stereocenters. The summed E-state index contributed by atoms with van der Waals surface area (Å²) in [6.45, 7) is 7.55. The van der Waals surface area contributed by atoms with Gasteiger partial charge in [-0.05, 0) is 39.1 Å². The van der Waals surface area contributed by atoms with Crippen LogP contribution in [0, 0.1) is 0 Å². The molecule has 2 aliphatic heterocycles. The van der Waals surface area contributed by atoms with Crippen LogP contribution in [0.15, 0.2) is 12.1 Å². The Kier molecular flexibility index (Phi) is 3.66. The second-order valence-electron chi connectivity index (χ2n) is 5.87. The lowest BCUT2D eigenvalue weighted by molar-refractivity contribution is 0.410. The Labute approximate surface area is 115 Å². The van der Waals surface area contributed by atoms with Crippen molar-refractivity contribution in [2.24, 2.45) is 0 Å². The normalized spacial score (nSPS) is 28.8. The number of likely N-dealkylation sites (N-methyl/N-ethyl adjacent to an activating group) is 1. The van der Waals surface area contributed by atoms with Gasteiger partial charge in [0.15, 0.2) is 5.82 Å². The van der Waals surface area contributed by atoms with Crippen LogP contribution in [-0.4, -0.2) is 60.9 Å². The van der Waals surface area contributed by atoms with Crippen molar-refractivity contribution in [1.82, 2.24) is 20.4 Å². The summed E-state index contributed by atoms with van der Waals surface area (Å²) in [5, 5.41) is 12.3. The van der Waals surface area contributed by atoms with Gasteiger partial charge in [0.25, 0.3) is 0 Å². The van der Waals surface area contributed by atoms with E-state index in [9.17, 15) is 0 Å². The number of hydrogen-bond acceptors (Lipinski definition) is 5. The molecule has 2 aliphatic rings. The van der Waals surface area contributed by atoms with E-state index in [1.807, 2.05) is 0 Å². The Morgan fingerprint density at radius 3 is 2.74 bits per heavy atom. The first-order valence-electron chi connectivity index (χ1n) is 7.23. The number of aromatic nitrogens is 2. The van der Waals surface area contributed by atoms with Crippen molar-refractivity contribution in [2.75, 3.05) is 44.7 Å². The molecule has 19 heavy (non-hydrogen) atoms. The zero-order valence-electron chi connectivity index (χ0n) is 11.8. The molecule has 0 spiro atoms. The van der Waals surface area contributed by atoms with E-state index in [4.69, 9.17) is 0 Å². The minimum atomic E-state index is 0.527. The maximum absolute atomic E-state index is 4.46. The standard InChI is InChI=1S/C14H23N5/c1-11-9-19(8-6-15-11)14-4-3-13(16-17-14)12-5-7-18(2)10-12/h3-4,11-12,15H,5-10H2,1-2H3. The first-order valence-corrected chi connectivity index (χ1v) is 7.23. The molecule has 0 radical (unpaired) electrons. The van der Waals surface area contributed by atoms with Crippen LogP contribution in [-0.2, 0) is 0 Å². The van der Waals surface area contributed by atoms with Crippen molar-refractivity contribution >= 4 is 5.82 Å². The Morgan fingerprint density at radius 2 is 2.11 bits per heavy atom. The minimum absolute atomic E-state index is 0.527. The molecule has 0 amide bonds. The van der Waals surface area contributed by atoms with E-state index < -0.39 is 0 Å². The lowest BCUT2D eigenvalue weighted by Gasteiger charge is -2.32. The molecule has 1 aromatic rings. The van der Waals surface area contributed by atoms with Gasteiger partial charge in [0.1, 0.15) is 0 Å². The van der Waals surface area contributed by atoms with Crippen LogP contribution in [0.4, 0.5) is 5.82 Å². The Morgan fingerprint density at radius 1 is 1.21 bits per heavy atom. The fraction of sp³-hybridized carbons (Fsp3) is 0.714. The average Bonchev–Trinajstić information content (AvgIpc) is 2.86. The molecule has 0 aromatic carbocycles. The Bertz CT molecular complexity index is 418. The number of anilines is 1. The van der Waals surface area contributed by atoms with Gasteiger partial charge in [0.05, 0.1) is 5.69 Å². The van der Waals surface area contributed by atoms with Crippen LogP contribution in [0.1, 0.15) is 25.0 Å². The molecule has 0 bridgehead atoms. The van der Waals surface area contributed by atoms with Crippen LogP contribution in [0.3, 0.4) is 0 Å². The van der Waals surface area contributed by atoms with E-state index in [1.54, 1.807) is 0 Å². The molecule has 2 atom stereocenters. The predicted molar refractivity (Wildman–Crippen MR) is 76.6 cm³/mol. The summed E-state index contributed by atoms with van der Waals surface area (Å²) in [4.78, 5) is 4.68. The zero-order valence-corrected chi connectivity index (χ0v) is 11.8. The van der Waals surface area contributed by atoms with Gasteiger partial charge in [-0.25, -0.2) is 0 Å². The molecule has 0 saturated carbocycles. The summed E-state index contributed by atoms with van der Waals surface area (Å²) in [7, 11) is 2.17. The summed E-state index contributed by atoms with van der Waals surface area (Å²) in [5.41, 5.74) is 1.15. The third-order valence-electron chi connectivity index (χ3n) is 4.17. The molecule has 1 aromatic heterocycles. The molecule has 5 heteroatoms. The van der Waals surface area contributed by atoms with Crippen LogP contribution in [0.5, 0.6) is 0 Å². The highest BCUT2D eigenvalue weighted by molar-refractivity contribution is 5.38. The highest BCUT2D eigenvalue weighted by Gasteiger charge is 2.23. The van der Waals surface area contributed by atoms with E-state index in [0.29, 0.717) is 12.0 Å². The van der Waals surface area contributed by atoms with Crippen molar-refractivity contribution in [3.63, 3.8) is 0 Å². The second-order valence-corrected chi connectivity index (χ2v) is 5.87. The van der Waals surface area contributed by atoms with Crippen molar-refractivity contribution in [3.05, 3.63) is 17.8 Å². The molecular weight excluding hydrogens is 238 g/mol. The van der Waals surface area contributed by atoms with Gasteiger partial charge in [-0.15, -0.1) is 5.10 Å². The van der Waals surface area contributed by atoms with Gasteiger partial charge in [-0.1, -0.05) is 0 Å². The topological polar surface area (TPSA) is 44.3 Å². The van der Waals surface area contributed by atoms with Crippen molar-refractivity contribution in [3.8, 4) is 0 Å². The molecule has 0 aliphatic carbocycles. The number of piperazine rings is 1. The average molecular weight is 261 g/mol. The molecule has 5 nitrogen and oxygen atoms in total. The van der Waals surface area contributed by atoms with Gasteiger partial charge in [-0.3, -0.25) is 0 Å². The van der Waals surface area contributed by atoms with Crippen molar-refractivity contribution in [1.29, 1.82) is 0 Å². The molecular formula is C14H23N5. The summed E-state index contributed by atoms with van der Waals surface area (Å²) in [6, 6.07) is 4.83. The fourth-order valence-corrected chi connectivity index (χ4v) is 3.04. The first-order chi connectivity index (χ1) is 9.22. The van der Waals surface area contributed by atoms with Crippen LogP contribution in [0.2, 0.25) is 0 Å². The summed E-state index contributed by atoms with van der Waals surface area (Å²) >= 11 is 0. The molecule has 3 heterocycles. The molecule has 3 rings (SSSR count). The smallest absolute Gasteiger partial charge is 0.151 e. The highest BCUT2D eigenvalue weighted by atomic mass is 15.3. The zero-order chi connectivity index (χ0) is 13.2. The quantitative estimate of drug-likeness (QED) is 0.849. The lowest BCUT2D eigenvalue weighted by atomic mass is 10.0. The van der Waals surface area contributed by atoms with Crippen LogP contribution >= 0.6 is 0 Å². The van der Waals surface area contributed by atoms with E-state index >= 15 is 0 Å². The summed E-state index contributed by atoms with van der Waals surface area (Å²) < 4.78 is 0. The first kappa shape index (κ1) is 12.8. The van der Waals surface area contributed by atoms with E-state index in [2.05, 4.69) is 51.4 Å². The predicted octanol–water partition coefficient (Wildman–Crippen LogP) is 0.694. The molecule has 2 fully saturated rings. The molecule has 104 valence electrons. The van der Waals surface area contributed by atoms with Crippen LogP contribution < -0.4 is 10.2 Å². The van der Waals surface area contributed by atoms with Gasteiger partial charge in [-0.2, -0.15) is 5.10 Å². The van der Waals surface area contributed by atoms with E-state index in [0.717, 1.165) is 37.7 Å². The SMILES string of the molecule is CC1CN(c2ccc(C3CCN(C)C3)nn2)CCN1. The Hall–Kier alpha value is -1.20. The van der Waals surface area contributed by atoms with Gasteiger partial charge in [0.2, 0.25) is 0 Å². The van der Waals surface area contributed by atoms with Gasteiger partial charge in [0, 0.05) is 38.1 Å². The maximum atomic E-state index is 4.46. The number of nitrogens with one attached hydrogen (secondary N) is 1. The van der Waals surface area contributed by atoms with Gasteiger partial charge < -0.3 is 15.1 Å². The second kappa shape index (κ2) is 5.43. The minimum Gasteiger partial charge on any atom is -0.352 e. The Balaban J connectivity index is 1.68. The van der Waals surface area contributed by atoms with E-state index in [1.165, 1.54) is 13.0 Å². The lowest BCUT2D eigenvalue weighted by Crippen LogP contribution is -2.49. The summed E-state index contributed by atoms with van der Waals surface area (Å²) in [5.74, 6) is 1.58. The maximum Gasteiger partial charge on any atom is 0.151 e. The highest BCUT2D eigenvalue weighted by Crippen LogP contribution is 2.25. The van der Waals surface area contributed by atoms with Crippen molar-refractivity contribution in [2.45, 2.75) is 25.3 Å². The third kappa shape index (κ3) is 2.87. The number of hydrogen-bond donors (Lipinski definition) is 1. The monoisotopic (exact) mass is 261 g/mol.